The number of thioether (sulfide) groups is 1. The molecule has 2 heterocycles. The Morgan fingerprint density at radius 3 is 2.48 bits per heavy atom. The molecule has 5 nitrogen and oxygen atoms in total. The zero-order valence-electron chi connectivity index (χ0n) is 14.0. The predicted molar refractivity (Wildman–Crippen MR) is 93.5 cm³/mol. The van der Waals surface area contributed by atoms with Crippen molar-refractivity contribution in [3.63, 3.8) is 0 Å². The first-order chi connectivity index (χ1) is 11.2. The van der Waals surface area contributed by atoms with Gasteiger partial charge in [-0.25, -0.2) is 0 Å². The average molecular weight is 340 g/mol. The van der Waals surface area contributed by atoms with Crippen LogP contribution in [0.3, 0.4) is 0 Å². The van der Waals surface area contributed by atoms with Crippen LogP contribution in [0.4, 0.5) is 0 Å². The van der Waals surface area contributed by atoms with Gasteiger partial charge in [0.1, 0.15) is 0 Å². The fraction of sp³-hybridized carbons (Fsp3) is 0.882. The average Bonchev–Trinajstić information content (AvgIpc) is 3.08. The van der Waals surface area contributed by atoms with E-state index in [0.717, 1.165) is 63.4 Å². The molecule has 3 rings (SSSR count). The van der Waals surface area contributed by atoms with Crippen LogP contribution in [-0.2, 0) is 9.59 Å². The van der Waals surface area contributed by atoms with Crippen LogP contribution in [0.25, 0.3) is 0 Å². The summed E-state index contributed by atoms with van der Waals surface area (Å²) in [6, 6.07) is 0.385. The Morgan fingerprint density at radius 1 is 1.00 bits per heavy atom. The van der Waals surface area contributed by atoms with E-state index in [1.165, 1.54) is 12.8 Å². The molecule has 3 aliphatic rings. The molecule has 0 aromatic carbocycles. The smallest absolute Gasteiger partial charge is 0.234 e. The van der Waals surface area contributed by atoms with Crippen molar-refractivity contribution in [3.8, 4) is 0 Å². The van der Waals surface area contributed by atoms with Gasteiger partial charge in [-0.1, -0.05) is 12.8 Å². The summed E-state index contributed by atoms with van der Waals surface area (Å²) in [6.07, 6.45) is 6.72. The van der Waals surface area contributed by atoms with E-state index in [1.807, 2.05) is 16.7 Å². The highest BCUT2D eigenvalue weighted by atomic mass is 32.2. The molecule has 0 bridgehead atoms. The lowest BCUT2D eigenvalue weighted by Crippen LogP contribution is -2.49. The number of hydrogen-bond donors (Lipinski definition) is 1. The summed E-state index contributed by atoms with van der Waals surface area (Å²) in [7, 11) is 0. The molecule has 1 saturated carbocycles. The summed E-state index contributed by atoms with van der Waals surface area (Å²) in [4.78, 5) is 29.1. The van der Waals surface area contributed by atoms with Gasteiger partial charge in [-0.3, -0.25) is 14.5 Å². The van der Waals surface area contributed by atoms with Crippen molar-refractivity contribution in [2.75, 3.05) is 44.2 Å². The zero-order chi connectivity index (χ0) is 16.1. The molecular weight excluding hydrogens is 310 g/mol. The zero-order valence-corrected chi connectivity index (χ0v) is 14.8. The Labute approximate surface area is 143 Å². The number of carbonyl (C=O) groups excluding carboxylic acids is 2. The standard InChI is InChI=1S/C17H29N3O2S/c21-16(18-15-5-1-2-6-15)13-19-7-3-4-14(12-19)17(22)20-8-10-23-11-9-20/h14-15H,1-13H2,(H,18,21). The second-order valence-corrected chi connectivity index (χ2v) is 8.29. The van der Waals surface area contributed by atoms with Gasteiger partial charge in [-0.15, -0.1) is 0 Å². The fourth-order valence-electron chi connectivity index (χ4n) is 3.99. The first kappa shape index (κ1) is 17.1. The first-order valence-electron chi connectivity index (χ1n) is 9.10. The van der Waals surface area contributed by atoms with E-state index in [2.05, 4.69) is 10.2 Å². The first-order valence-corrected chi connectivity index (χ1v) is 10.3. The summed E-state index contributed by atoms with van der Waals surface area (Å²) in [5.41, 5.74) is 0. The van der Waals surface area contributed by atoms with E-state index in [1.54, 1.807) is 0 Å². The highest BCUT2D eigenvalue weighted by Gasteiger charge is 2.30. The number of nitrogens with one attached hydrogen (secondary N) is 1. The van der Waals surface area contributed by atoms with Gasteiger partial charge in [-0.2, -0.15) is 11.8 Å². The van der Waals surface area contributed by atoms with Gasteiger partial charge in [0, 0.05) is 37.2 Å². The van der Waals surface area contributed by atoms with Crippen LogP contribution in [0, 0.1) is 5.92 Å². The minimum Gasteiger partial charge on any atom is -0.352 e. The summed E-state index contributed by atoms with van der Waals surface area (Å²) in [5, 5.41) is 3.15. The normalized spacial score (nSPS) is 27.1. The van der Waals surface area contributed by atoms with Crippen LogP contribution in [0.1, 0.15) is 38.5 Å². The SMILES string of the molecule is O=C(CN1CCCC(C(=O)N2CCSCC2)C1)NC1CCCC1. The Hall–Kier alpha value is -0.750. The molecule has 0 aromatic rings. The van der Waals surface area contributed by atoms with Crippen molar-refractivity contribution in [2.24, 2.45) is 5.92 Å². The quantitative estimate of drug-likeness (QED) is 0.840. The third-order valence-electron chi connectivity index (χ3n) is 5.27. The molecule has 0 aromatic heterocycles. The van der Waals surface area contributed by atoms with Crippen LogP contribution >= 0.6 is 11.8 Å². The van der Waals surface area contributed by atoms with Crippen molar-refractivity contribution in [2.45, 2.75) is 44.6 Å². The summed E-state index contributed by atoms with van der Waals surface area (Å²) in [5.74, 6) is 2.66. The Bertz CT molecular complexity index is 420. The molecule has 6 heteroatoms. The number of piperidine rings is 1. The van der Waals surface area contributed by atoms with Gasteiger partial charge in [0.05, 0.1) is 12.5 Å². The number of likely N-dealkylation sites (tertiary alicyclic amines) is 1. The molecule has 1 N–H and O–H groups in total. The van der Waals surface area contributed by atoms with E-state index in [-0.39, 0.29) is 11.8 Å². The number of hydrogen-bond acceptors (Lipinski definition) is 4. The molecular formula is C17H29N3O2S. The summed E-state index contributed by atoms with van der Waals surface area (Å²) >= 11 is 1.93. The van der Waals surface area contributed by atoms with Crippen molar-refractivity contribution >= 4 is 23.6 Å². The van der Waals surface area contributed by atoms with Gasteiger partial charge in [0.25, 0.3) is 0 Å². The van der Waals surface area contributed by atoms with Crippen molar-refractivity contribution in [1.82, 2.24) is 15.1 Å². The maximum absolute atomic E-state index is 12.7. The maximum atomic E-state index is 12.7. The number of rotatable bonds is 4. The van der Waals surface area contributed by atoms with Crippen molar-refractivity contribution in [1.29, 1.82) is 0 Å². The number of nitrogens with zero attached hydrogens (tertiary/aromatic N) is 2. The van der Waals surface area contributed by atoms with Crippen LogP contribution < -0.4 is 5.32 Å². The highest BCUT2D eigenvalue weighted by Crippen LogP contribution is 2.21. The van der Waals surface area contributed by atoms with Crippen molar-refractivity contribution < 1.29 is 9.59 Å². The third-order valence-corrected chi connectivity index (χ3v) is 6.21. The highest BCUT2D eigenvalue weighted by molar-refractivity contribution is 7.99. The van der Waals surface area contributed by atoms with Crippen molar-refractivity contribution in [3.05, 3.63) is 0 Å². The Kier molecular flexibility index (Phi) is 6.22. The molecule has 1 atom stereocenters. The molecule has 23 heavy (non-hydrogen) atoms. The van der Waals surface area contributed by atoms with Crippen LogP contribution in [-0.4, -0.2) is 71.9 Å². The minimum absolute atomic E-state index is 0.0890. The van der Waals surface area contributed by atoms with E-state index in [0.29, 0.717) is 18.5 Å². The molecule has 130 valence electrons. The molecule has 2 aliphatic heterocycles. The number of carbonyl (C=O) groups is 2. The monoisotopic (exact) mass is 339 g/mol. The third kappa shape index (κ3) is 4.86. The van der Waals surface area contributed by atoms with Gasteiger partial charge < -0.3 is 10.2 Å². The molecule has 2 saturated heterocycles. The summed E-state index contributed by atoms with van der Waals surface area (Å²) < 4.78 is 0. The van der Waals surface area contributed by atoms with Gasteiger partial charge >= 0.3 is 0 Å². The van der Waals surface area contributed by atoms with E-state index in [4.69, 9.17) is 0 Å². The second-order valence-electron chi connectivity index (χ2n) is 7.06. The van der Waals surface area contributed by atoms with Crippen LogP contribution in [0.2, 0.25) is 0 Å². The minimum atomic E-state index is 0.0890. The molecule has 1 aliphatic carbocycles. The fourth-order valence-corrected chi connectivity index (χ4v) is 4.89. The van der Waals surface area contributed by atoms with Crippen LogP contribution in [0.5, 0.6) is 0 Å². The second kappa shape index (κ2) is 8.38. The van der Waals surface area contributed by atoms with Gasteiger partial charge in [-0.05, 0) is 32.2 Å². The van der Waals surface area contributed by atoms with Crippen LogP contribution in [0.15, 0.2) is 0 Å². The lowest BCUT2D eigenvalue weighted by Gasteiger charge is -2.36. The largest absolute Gasteiger partial charge is 0.352 e. The molecule has 1 unspecified atom stereocenters. The summed E-state index contributed by atoms with van der Waals surface area (Å²) in [6.45, 7) is 3.93. The number of amides is 2. The molecule has 3 fully saturated rings. The molecule has 0 radical (unpaired) electrons. The lowest BCUT2D eigenvalue weighted by atomic mass is 9.96. The topological polar surface area (TPSA) is 52.7 Å². The van der Waals surface area contributed by atoms with E-state index >= 15 is 0 Å². The van der Waals surface area contributed by atoms with Gasteiger partial charge in [0.2, 0.25) is 11.8 Å². The predicted octanol–water partition coefficient (Wildman–Crippen LogP) is 1.33. The Morgan fingerprint density at radius 2 is 1.74 bits per heavy atom. The maximum Gasteiger partial charge on any atom is 0.234 e. The lowest BCUT2D eigenvalue weighted by molar-refractivity contribution is -0.137. The Balaban J connectivity index is 1.45. The molecule has 2 amide bonds. The van der Waals surface area contributed by atoms with E-state index < -0.39 is 0 Å². The van der Waals surface area contributed by atoms with Gasteiger partial charge in [0.15, 0.2) is 0 Å². The van der Waals surface area contributed by atoms with E-state index in [9.17, 15) is 9.59 Å². The molecule has 0 spiro atoms.